The van der Waals surface area contributed by atoms with Crippen molar-refractivity contribution in [2.45, 2.75) is 52.5 Å². The van der Waals surface area contributed by atoms with Crippen molar-refractivity contribution in [2.75, 3.05) is 13.7 Å². The predicted molar refractivity (Wildman–Crippen MR) is 155 cm³/mol. The van der Waals surface area contributed by atoms with Gasteiger partial charge in [0.25, 0.3) is 17.2 Å². The highest BCUT2D eigenvalue weighted by Crippen LogP contribution is 2.30. The minimum Gasteiger partial charge on any atom is -0.495 e. The number of rotatable bonds is 11. The van der Waals surface area contributed by atoms with Gasteiger partial charge in [0.2, 0.25) is 0 Å². The van der Waals surface area contributed by atoms with Crippen molar-refractivity contribution in [1.82, 2.24) is 14.5 Å². The van der Waals surface area contributed by atoms with Gasteiger partial charge in [-0.05, 0) is 62.2 Å². The molecule has 1 aromatic heterocycles. The summed E-state index contributed by atoms with van der Waals surface area (Å²) >= 11 is 0. The number of aryl methyl sites for hydroxylation is 1. The zero-order chi connectivity index (χ0) is 28.8. The SMILES string of the molecule is CCCCCCN(C(=O)c1ccc([N+](=O)[O-])cc1)C(C)c1nc2ccccc2c(=O)n1-c1cc(C)ccc1OC. The summed E-state index contributed by atoms with van der Waals surface area (Å²) in [5, 5.41) is 11.6. The lowest BCUT2D eigenvalue weighted by molar-refractivity contribution is -0.384. The number of hydrogen-bond acceptors (Lipinski definition) is 6. The van der Waals surface area contributed by atoms with Crippen LogP contribution >= 0.6 is 0 Å². The number of carbonyl (C=O) groups is 1. The molecule has 1 heterocycles. The molecule has 4 aromatic rings. The quantitative estimate of drug-likeness (QED) is 0.123. The standard InChI is InChI=1S/C31H34N4O5/c1-5-6-7-10-19-33(30(36)23-14-16-24(17-15-23)35(38)39)22(3)29-32-26-12-9-8-11-25(26)31(37)34(29)27-20-21(2)13-18-28(27)40-4/h8-9,11-18,20,22H,5-7,10,19H2,1-4H3. The number of hydrogen-bond donors (Lipinski definition) is 0. The van der Waals surface area contributed by atoms with Crippen LogP contribution in [-0.4, -0.2) is 38.9 Å². The maximum absolute atomic E-state index is 14.0. The van der Waals surface area contributed by atoms with Gasteiger partial charge in [0.1, 0.15) is 11.6 Å². The topological polar surface area (TPSA) is 108 Å². The Morgan fingerprint density at radius 2 is 1.80 bits per heavy atom. The highest BCUT2D eigenvalue weighted by atomic mass is 16.6. The molecular formula is C31H34N4O5. The fourth-order valence-corrected chi connectivity index (χ4v) is 4.85. The molecule has 0 bridgehead atoms. The van der Waals surface area contributed by atoms with E-state index < -0.39 is 11.0 Å². The highest BCUT2D eigenvalue weighted by Gasteiger charge is 2.28. The summed E-state index contributed by atoms with van der Waals surface area (Å²) in [6, 6.07) is 17.7. The summed E-state index contributed by atoms with van der Waals surface area (Å²) in [6.07, 6.45) is 3.79. The van der Waals surface area contributed by atoms with Crippen LogP contribution in [0.2, 0.25) is 0 Å². The first-order chi connectivity index (χ1) is 19.3. The van der Waals surface area contributed by atoms with Gasteiger partial charge < -0.3 is 9.64 Å². The van der Waals surface area contributed by atoms with Crippen LogP contribution in [0.5, 0.6) is 5.75 Å². The Hall–Kier alpha value is -4.53. The molecule has 0 aliphatic carbocycles. The predicted octanol–water partition coefficient (Wildman–Crippen LogP) is 6.39. The Balaban J connectivity index is 1.89. The fraction of sp³-hybridized carbons (Fsp3) is 0.323. The van der Waals surface area contributed by atoms with E-state index in [-0.39, 0.29) is 17.2 Å². The van der Waals surface area contributed by atoms with Gasteiger partial charge in [-0.1, -0.05) is 44.4 Å². The Morgan fingerprint density at radius 3 is 2.48 bits per heavy atom. The number of non-ortho nitro benzene ring substituents is 1. The molecule has 9 heteroatoms. The molecule has 0 fully saturated rings. The molecular weight excluding hydrogens is 508 g/mol. The maximum atomic E-state index is 14.0. The van der Waals surface area contributed by atoms with Crippen molar-refractivity contribution in [3.63, 3.8) is 0 Å². The van der Waals surface area contributed by atoms with Crippen molar-refractivity contribution in [3.05, 3.63) is 104 Å². The van der Waals surface area contributed by atoms with Crippen molar-refractivity contribution in [3.8, 4) is 11.4 Å². The molecule has 0 aliphatic heterocycles. The zero-order valence-electron chi connectivity index (χ0n) is 23.3. The van der Waals surface area contributed by atoms with Gasteiger partial charge in [-0.2, -0.15) is 0 Å². The second kappa shape index (κ2) is 12.5. The van der Waals surface area contributed by atoms with Gasteiger partial charge in [0.15, 0.2) is 0 Å². The van der Waals surface area contributed by atoms with E-state index in [9.17, 15) is 19.7 Å². The van der Waals surface area contributed by atoms with Crippen LogP contribution in [0.15, 0.2) is 71.5 Å². The molecule has 208 valence electrons. The zero-order valence-corrected chi connectivity index (χ0v) is 23.3. The summed E-state index contributed by atoms with van der Waals surface area (Å²) in [7, 11) is 1.55. The van der Waals surface area contributed by atoms with Crippen LogP contribution in [0, 0.1) is 17.0 Å². The normalized spacial score (nSPS) is 11.8. The first kappa shape index (κ1) is 28.5. The van der Waals surface area contributed by atoms with Crippen LogP contribution in [0.3, 0.4) is 0 Å². The monoisotopic (exact) mass is 542 g/mol. The number of fused-ring (bicyclic) bond motifs is 1. The molecule has 9 nitrogen and oxygen atoms in total. The molecule has 0 aliphatic rings. The van der Waals surface area contributed by atoms with Crippen LogP contribution in [0.1, 0.15) is 67.3 Å². The summed E-state index contributed by atoms with van der Waals surface area (Å²) in [4.78, 5) is 45.2. The number of nitro groups is 1. The largest absolute Gasteiger partial charge is 0.495 e. The van der Waals surface area contributed by atoms with E-state index in [1.807, 2.05) is 38.1 Å². The maximum Gasteiger partial charge on any atom is 0.269 e. The van der Waals surface area contributed by atoms with E-state index in [1.54, 1.807) is 34.8 Å². The Bertz CT molecular complexity index is 1580. The number of carbonyl (C=O) groups excluding carboxylic acids is 1. The summed E-state index contributed by atoms with van der Waals surface area (Å²) in [5.74, 6) is 0.622. The lowest BCUT2D eigenvalue weighted by Crippen LogP contribution is -2.38. The van der Waals surface area contributed by atoms with E-state index in [0.717, 1.165) is 31.2 Å². The average Bonchev–Trinajstić information content (AvgIpc) is 2.96. The molecule has 0 radical (unpaired) electrons. The van der Waals surface area contributed by atoms with Crippen LogP contribution in [0.4, 0.5) is 5.69 Å². The van der Waals surface area contributed by atoms with Gasteiger partial charge in [-0.15, -0.1) is 0 Å². The van der Waals surface area contributed by atoms with Crippen LogP contribution in [-0.2, 0) is 0 Å². The first-order valence-corrected chi connectivity index (χ1v) is 13.5. The van der Waals surface area contributed by atoms with E-state index in [1.165, 1.54) is 24.3 Å². The fourth-order valence-electron chi connectivity index (χ4n) is 4.85. The Kier molecular flexibility index (Phi) is 8.93. The third-order valence-electron chi connectivity index (χ3n) is 7.06. The molecule has 1 atom stereocenters. The Morgan fingerprint density at radius 1 is 1.07 bits per heavy atom. The number of nitro benzene ring substituents is 1. The number of nitrogens with zero attached hydrogens (tertiary/aromatic N) is 4. The number of methoxy groups -OCH3 is 1. The molecule has 0 saturated carbocycles. The van der Waals surface area contributed by atoms with Crippen molar-refractivity contribution < 1.29 is 14.5 Å². The number of ether oxygens (including phenoxy) is 1. The molecule has 0 spiro atoms. The molecule has 1 amide bonds. The van der Waals surface area contributed by atoms with E-state index in [0.29, 0.717) is 40.3 Å². The Labute approximate surface area is 233 Å². The molecule has 1 unspecified atom stereocenters. The molecule has 0 saturated heterocycles. The van der Waals surface area contributed by atoms with Crippen molar-refractivity contribution in [1.29, 1.82) is 0 Å². The van der Waals surface area contributed by atoms with Gasteiger partial charge in [0, 0.05) is 24.2 Å². The molecule has 4 rings (SSSR count). The van der Waals surface area contributed by atoms with Crippen molar-refractivity contribution in [2.24, 2.45) is 0 Å². The number of para-hydroxylation sites is 1. The molecule has 40 heavy (non-hydrogen) atoms. The average molecular weight is 543 g/mol. The smallest absolute Gasteiger partial charge is 0.269 e. The second-order valence-corrected chi connectivity index (χ2v) is 9.84. The first-order valence-electron chi connectivity index (χ1n) is 13.5. The van der Waals surface area contributed by atoms with E-state index in [2.05, 4.69) is 6.92 Å². The lowest BCUT2D eigenvalue weighted by Gasteiger charge is -2.31. The number of benzene rings is 3. The van der Waals surface area contributed by atoms with Gasteiger partial charge in [-0.3, -0.25) is 24.3 Å². The minimum atomic E-state index is -0.605. The summed E-state index contributed by atoms with van der Waals surface area (Å²) in [5.41, 5.74) is 2.00. The molecule has 0 N–H and O–H groups in total. The van der Waals surface area contributed by atoms with E-state index >= 15 is 0 Å². The van der Waals surface area contributed by atoms with E-state index in [4.69, 9.17) is 9.72 Å². The number of aromatic nitrogens is 2. The molecule has 3 aromatic carbocycles. The van der Waals surface area contributed by atoms with Gasteiger partial charge in [0.05, 0.1) is 34.7 Å². The summed E-state index contributed by atoms with van der Waals surface area (Å²) < 4.78 is 7.18. The lowest BCUT2D eigenvalue weighted by atomic mass is 10.1. The van der Waals surface area contributed by atoms with Gasteiger partial charge in [-0.25, -0.2) is 4.98 Å². The van der Waals surface area contributed by atoms with Crippen molar-refractivity contribution >= 4 is 22.5 Å². The van der Waals surface area contributed by atoms with Gasteiger partial charge >= 0.3 is 0 Å². The van der Waals surface area contributed by atoms with Crippen LogP contribution < -0.4 is 10.3 Å². The number of unbranched alkanes of at least 4 members (excludes halogenated alkanes) is 3. The highest BCUT2D eigenvalue weighted by molar-refractivity contribution is 5.94. The van der Waals surface area contributed by atoms with Crippen LogP contribution in [0.25, 0.3) is 16.6 Å². The minimum absolute atomic E-state index is 0.0873. The second-order valence-electron chi connectivity index (χ2n) is 9.84. The summed E-state index contributed by atoms with van der Waals surface area (Å²) in [6.45, 7) is 6.35. The third-order valence-corrected chi connectivity index (χ3v) is 7.06. The third kappa shape index (κ3) is 5.88. The number of amides is 1.